The van der Waals surface area contributed by atoms with Gasteiger partial charge in [0.25, 0.3) is 0 Å². The number of rotatable bonds is 2. The van der Waals surface area contributed by atoms with E-state index in [2.05, 4.69) is 75.2 Å². The van der Waals surface area contributed by atoms with Crippen molar-refractivity contribution in [3.05, 3.63) is 75.8 Å². The van der Waals surface area contributed by atoms with Crippen LogP contribution in [0.25, 0.3) is 11.6 Å². The predicted molar refractivity (Wildman–Crippen MR) is 114 cm³/mol. The van der Waals surface area contributed by atoms with Crippen molar-refractivity contribution in [2.45, 2.75) is 45.6 Å². The first-order valence-electron chi connectivity index (χ1n) is 9.50. The molecule has 1 N–H and O–H groups in total. The van der Waals surface area contributed by atoms with Gasteiger partial charge >= 0.3 is 0 Å². The average molecular weight is 364 g/mol. The fourth-order valence-electron chi connectivity index (χ4n) is 4.76. The Balaban J connectivity index is 1.78. The van der Waals surface area contributed by atoms with Crippen LogP contribution >= 0.6 is 11.6 Å². The molecule has 134 valence electrons. The highest BCUT2D eigenvalue weighted by Crippen LogP contribution is 2.46. The number of hydrogen-bond donors (Lipinski definition) is 1. The molecule has 2 aromatic carbocycles. The number of halogens is 1. The Kier molecular flexibility index (Phi) is 4.44. The van der Waals surface area contributed by atoms with E-state index in [9.17, 15) is 0 Å². The Morgan fingerprint density at radius 1 is 1.15 bits per heavy atom. The molecule has 0 aliphatic heterocycles. The van der Waals surface area contributed by atoms with Gasteiger partial charge in [-0.3, -0.25) is 0 Å². The van der Waals surface area contributed by atoms with Crippen molar-refractivity contribution < 1.29 is 0 Å². The van der Waals surface area contributed by atoms with Crippen molar-refractivity contribution >= 4 is 28.9 Å². The van der Waals surface area contributed by atoms with Crippen molar-refractivity contribution in [3.63, 3.8) is 0 Å². The summed E-state index contributed by atoms with van der Waals surface area (Å²) >= 11 is 6.43. The minimum atomic E-state index is 0.298. The van der Waals surface area contributed by atoms with Crippen LogP contribution in [0.15, 0.2) is 43.0 Å². The van der Waals surface area contributed by atoms with Crippen LogP contribution in [-0.2, 0) is 0 Å². The lowest BCUT2D eigenvalue weighted by atomic mass is 9.73. The molecule has 0 saturated carbocycles. The van der Waals surface area contributed by atoms with E-state index in [-0.39, 0.29) is 0 Å². The molecule has 0 spiro atoms. The zero-order chi connectivity index (χ0) is 18.4. The van der Waals surface area contributed by atoms with Gasteiger partial charge in [0.1, 0.15) is 0 Å². The zero-order valence-corrected chi connectivity index (χ0v) is 16.5. The number of fused-ring (bicyclic) bond motifs is 2. The third kappa shape index (κ3) is 2.79. The van der Waals surface area contributed by atoms with Gasteiger partial charge in [0.05, 0.1) is 6.04 Å². The van der Waals surface area contributed by atoms with Gasteiger partial charge in [0.2, 0.25) is 0 Å². The summed E-state index contributed by atoms with van der Waals surface area (Å²) < 4.78 is 0. The summed E-state index contributed by atoms with van der Waals surface area (Å²) in [5.74, 6) is 1.10. The molecule has 0 heterocycles. The van der Waals surface area contributed by atoms with Crippen molar-refractivity contribution in [2.24, 2.45) is 5.92 Å². The molecule has 0 bridgehead atoms. The molecule has 2 aliphatic rings. The number of hydrogen-bond acceptors (Lipinski definition) is 1. The van der Waals surface area contributed by atoms with E-state index in [1.54, 1.807) is 0 Å². The van der Waals surface area contributed by atoms with Crippen LogP contribution in [0.2, 0.25) is 5.02 Å². The van der Waals surface area contributed by atoms with E-state index in [0.29, 0.717) is 17.9 Å². The maximum atomic E-state index is 6.43. The Hall–Kier alpha value is -1.99. The summed E-state index contributed by atoms with van der Waals surface area (Å²) in [5, 5.41) is 4.74. The molecule has 4 rings (SSSR count). The first-order chi connectivity index (χ1) is 12.5. The molecule has 0 aromatic heterocycles. The van der Waals surface area contributed by atoms with Gasteiger partial charge in [-0.15, -0.1) is 0 Å². The van der Waals surface area contributed by atoms with Gasteiger partial charge in [0.15, 0.2) is 0 Å². The van der Waals surface area contributed by atoms with E-state index in [4.69, 9.17) is 11.6 Å². The Morgan fingerprint density at radius 2 is 1.96 bits per heavy atom. The molecule has 0 amide bonds. The molecule has 1 nitrogen and oxygen atoms in total. The van der Waals surface area contributed by atoms with Gasteiger partial charge < -0.3 is 5.32 Å². The van der Waals surface area contributed by atoms with Crippen LogP contribution in [0.1, 0.15) is 66.5 Å². The van der Waals surface area contributed by atoms with Gasteiger partial charge in [-0.2, -0.15) is 0 Å². The summed E-state index contributed by atoms with van der Waals surface area (Å²) in [6.45, 7) is 11.1. The van der Waals surface area contributed by atoms with Crippen LogP contribution < -0.4 is 5.32 Å². The normalized spacial score (nSPS) is 24.2. The Labute approximate surface area is 161 Å². The van der Waals surface area contributed by atoms with Crippen molar-refractivity contribution in [2.75, 3.05) is 5.32 Å². The number of allylic oxidation sites excluding steroid dienone is 2. The molecule has 2 aromatic rings. The lowest BCUT2D eigenvalue weighted by molar-refractivity contribution is 0.395. The fraction of sp³-hybridized carbons (Fsp3) is 0.333. The summed E-state index contributed by atoms with van der Waals surface area (Å²) in [6.07, 6.45) is 6.55. The summed E-state index contributed by atoms with van der Waals surface area (Å²) in [6, 6.07) is 11.1. The van der Waals surface area contributed by atoms with E-state index in [0.717, 1.165) is 11.4 Å². The molecule has 3 unspecified atom stereocenters. The highest BCUT2D eigenvalue weighted by Gasteiger charge is 2.32. The molecule has 2 heteroatoms. The first kappa shape index (κ1) is 17.4. The van der Waals surface area contributed by atoms with Gasteiger partial charge in [-0.1, -0.05) is 62.4 Å². The Bertz CT molecular complexity index is 909. The standard InChI is InChI=1S/C24H26ClN/c1-14-7-5-9-19-18(14)8-6-10-22(19)26-24-16(3)13-15(2)23-17(4)21(25)12-11-20(23)24/h5-6,8-12,15-16,24,26H,1,7,13H2,2-4H3. The second kappa shape index (κ2) is 6.63. The summed E-state index contributed by atoms with van der Waals surface area (Å²) in [4.78, 5) is 0. The second-order valence-electron chi connectivity index (χ2n) is 7.89. The predicted octanol–water partition coefficient (Wildman–Crippen LogP) is 7.38. The minimum absolute atomic E-state index is 0.298. The van der Waals surface area contributed by atoms with Crippen LogP contribution in [0.4, 0.5) is 5.69 Å². The molecular formula is C24H26ClN. The number of anilines is 1. The third-order valence-corrected chi connectivity index (χ3v) is 6.46. The van der Waals surface area contributed by atoms with Gasteiger partial charge in [-0.05, 0) is 71.6 Å². The SMILES string of the molecule is C=C1CC=Cc2c(NC3c4ccc(Cl)c(C)c4C(C)CC3C)cccc21. The number of benzene rings is 2. The first-order valence-corrected chi connectivity index (χ1v) is 9.88. The van der Waals surface area contributed by atoms with Crippen LogP contribution in [0.3, 0.4) is 0 Å². The van der Waals surface area contributed by atoms with E-state index < -0.39 is 0 Å². The molecular weight excluding hydrogens is 338 g/mol. The summed E-state index contributed by atoms with van der Waals surface area (Å²) in [5.41, 5.74) is 8.98. The topological polar surface area (TPSA) is 12.0 Å². The quantitative estimate of drug-likeness (QED) is 0.587. The fourth-order valence-corrected chi connectivity index (χ4v) is 4.93. The molecule has 0 saturated heterocycles. The monoisotopic (exact) mass is 363 g/mol. The lowest BCUT2D eigenvalue weighted by Gasteiger charge is -2.38. The van der Waals surface area contributed by atoms with Crippen LogP contribution in [-0.4, -0.2) is 0 Å². The smallest absolute Gasteiger partial charge is 0.0542 e. The van der Waals surface area contributed by atoms with Crippen molar-refractivity contribution in [1.29, 1.82) is 0 Å². The molecule has 26 heavy (non-hydrogen) atoms. The highest BCUT2D eigenvalue weighted by molar-refractivity contribution is 6.31. The van der Waals surface area contributed by atoms with Gasteiger partial charge in [0, 0.05) is 16.3 Å². The van der Waals surface area contributed by atoms with Gasteiger partial charge in [-0.25, -0.2) is 0 Å². The highest BCUT2D eigenvalue weighted by atomic mass is 35.5. The van der Waals surface area contributed by atoms with E-state index >= 15 is 0 Å². The van der Waals surface area contributed by atoms with E-state index in [1.807, 2.05) is 0 Å². The van der Waals surface area contributed by atoms with Crippen molar-refractivity contribution in [1.82, 2.24) is 0 Å². The molecule has 0 radical (unpaired) electrons. The minimum Gasteiger partial charge on any atom is -0.377 e. The number of nitrogens with one attached hydrogen (secondary N) is 1. The average Bonchev–Trinajstić information content (AvgIpc) is 2.61. The summed E-state index contributed by atoms with van der Waals surface area (Å²) in [7, 11) is 0. The maximum Gasteiger partial charge on any atom is 0.0542 e. The largest absolute Gasteiger partial charge is 0.377 e. The molecule has 0 fully saturated rings. The maximum absolute atomic E-state index is 6.43. The zero-order valence-electron chi connectivity index (χ0n) is 15.8. The molecule has 2 aliphatic carbocycles. The molecule has 3 atom stereocenters. The van der Waals surface area contributed by atoms with Crippen molar-refractivity contribution in [3.8, 4) is 0 Å². The Morgan fingerprint density at radius 3 is 2.77 bits per heavy atom. The van der Waals surface area contributed by atoms with Crippen LogP contribution in [0.5, 0.6) is 0 Å². The third-order valence-electron chi connectivity index (χ3n) is 6.05. The second-order valence-corrected chi connectivity index (χ2v) is 8.30. The van der Waals surface area contributed by atoms with Crippen LogP contribution in [0, 0.1) is 12.8 Å². The van der Waals surface area contributed by atoms with E-state index in [1.165, 1.54) is 45.5 Å². The lowest BCUT2D eigenvalue weighted by Crippen LogP contribution is -2.27.